The smallest absolute Gasteiger partial charge is 0.0169 e. The quantitative estimate of drug-likeness (QED) is 0.658. The highest BCUT2D eigenvalue weighted by atomic mass is 14.8. The molecule has 0 aromatic rings. The van der Waals surface area contributed by atoms with Gasteiger partial charge < -0.3 is 11.5 Å². The molecule has 4 N–H and O–H groups in total. The highest BCUT2D eigenvalue weighted by Crippen LogP contribution is 2.29. The second-order valence-corrected chi connectivity index (χ2v) is 4.68. The molecule has 1 aliphatic rings. The predicted molar refractivity (Wildman–Crippen MR) is 57.5 cm³/mol. The van der Waals surface area contributed by atoms with E-state index in [9.17, 15) is 0 Å². The molecule has 1 saturated carbocycles. The van der Waals surface area contributed by atoms with Crippen LogP contribution in [0.4, 0.5) is 0 Å². The molecular weight excluding hydrogens is 160 g/mol. The molecule has 0 aliphatic heterocycles. The molecule has 1 rings (SSSR count). The fourth-order valence-electron chi connectivity index (χ4n) is 2.40. The lowest BCUT2D eigenvalue weighted by atomic mass is 9.77. The van der Waals surface area contributed by atoms with Crippen LogP contribution in [-0.4, -0.2) is 11.6 Å². The summed E-state index contributed by atoms with van der Waals surface area (Å²) in [6, 6.07) is 0.361. The van der Waals surface area contributed by atoms with Gasteiger partial charge in [0.2, 0.25) is 0 Å². The summed E-state index contributed by atoms with van der Waals surface area (Å²) in [4.78, 5) is 0. The number of hydrogen-bond acceptors (Lipinski definition) is 2. The van der Waals surface area contributed by atoms with Gasteiger partial charge in [-0.05, 0) is 25.7 Å². The maximum Gasteiger partial charge on any atom is 0.0169 e. The first-order valence-corrected chi connectivity index (χ1v) is 5.71. The maximum atomic E-state index is 6.31. The lowest BCUT2D eigenvalue weighted by molar-refractivity contribution is 0.247. The second kappa shape index (κ2) is 4.97. The zero-order valence-corrected chi connectivity index (χ0v) is 8.89. The molecule has 2 atom stereocenters. The fraction of sp³-hybridized carbons (Fsp3) is 1.00. The molecule has 2 nitrogen and oxygen atoms in total. The van der Waals surface area contributed by atoms with Gasteiger partial charge in [-0.3, -0.25) is 0 Å². The minimum atomic E-state index is 0.0762. The molecule has 1 fully saturated rings. The summed E-state index contributed by atoms with van der Waals surface area (Å²) in [6.07, 6.45) is 9.67. The Labute approximate surface area is 82.1 Å². The normalized spacial score (nSPS) is 34.8. The summed E-state index contributed by atoms with van der Waals surface area (Å²) in [5.74, 6) is 0. The Bertz CT molecular complexity index is 147. The van der Waals surface area contributed by atoms with Gasteiger partial charge in [-0.25, -0.2) is 0 Å². The molecule has 0 radical (unpaired) electrons. The lowest BCUT2D eigenvalue weighted by Gasteiger charge is -2.36. The van der Waals surface area contributed by atoms with E-state index < -0.39 is 0 Å². The van der Waals surface area contributed by atoms with Crippen LogP contribution in [0, 0.1) is 0 Å². The van der Waals surface area contributed by atoms with E-state index >= 15 is 0 Å². The third-order valence-corrected chi connectivity index (χ3v) is 3.20. The Hall–Kier alpha value is -0.0800. The van der Waals surface area contributed by atoms with Crippen LogP contribution in [0.2, 0.25) is 0 Å². The van der Waals surface area contributed by atoms with Gasteiger partial charge in [0.25, 0.3) is 0 Å². The monoisotopic (exact) mass is 184 g/mol. The van der Waals surface area contributed by atoms with E-state index in [1.807, 2.05) is 0 Å². The van der Waals surface area contributed by atoms with Crippen LogP contribution < -0.4 is 11.5 Å². The SMILES string of the molecule is CCCCCC1(N)CCCC(N)C1. The topological polar surface area (TPSA) is 52.0 Å². The summed E-state index contributed by atoms with van der Waals surface area (Å²) in [5.41, 5.74) is 12.3. The van der Waals surface area contributed by atoms with E-state index in [1.54, 1.807) is 0 Å². The van der Waals surface area contributed by atoms with Crippen molar-refractivity contribution in [2.75, 3.05) is 0 Å². The van der Waals surface area contributed by atoms with Crippen LogP contribution in [0.5, 0.6) is 0 Å². The number of hydrogen-bond donors (Lipinski definition) is 2. The zero-order chi connectivity index (χ0) is 9.73. The number of nitrogens with two attached hydrogens (primary N) is 2. The van der Waals surface area contributed by atoms with E-state index in [4.69, 9.17) is 11.5 Å². The summed E-state index contributed by atoms with van der Waals surface area (Å²) >= 11 is 0. The molecule has 1 aliphatic carbocycles. The molecular formula is C11H24N2. The lowest BCUT2D eigenvalue weighted by Crippen LogP contribution is -2.48. The van der Waals surface area contributed by atoms with Gasteiger partial charge >= 0.3 is 0 Å². The molecule has 13 heavy (non-hydrogen) atoms. The molecule has 2 unspecified atom stereocenters. The molecule has 0 aromatic carbocycles. The van der Waals surface area contributed by atoms with Gasteiger partial charge in [-0.15, -0.1) is 0 Å². The fourth-order valence-corrected chi connectivity index (χ4v) is 2.40. The van der Waals surface area contributed by atoms with Gasteiger partial charge in [-0.2, -0.15) is 0 Å². The van der Waals surface area contributed by atoms with Crippen LogP contribution in [0.25, 0.3) is 0 Å². The molecule has 0 saturated heterocycles. The third-order valence-electron chi connectivity index (χ3n) is 3.20. The molecule has 0 aromatic heterocycles. The summed E-state index contributed by atoms with van der Waals surface area (Å²) in [7, 11) is 0. The second-order valence-electron chi connectivity index (χ2n) is 4.68. The maximum absolute atomic E-state index is 6.31. The highest BCUT2D eigenvalue weighted by molar-refractivity contribution is 4.91. The van der Waals surface area contributed by atoms with Crippen molar-refractivity contribution < 1.29 is 0 Å². The van der Waals surface area contributed by atoms with E-state index in [0.29, 0.717) is 6.04 Å². The summed E-state index contributed by atoms with van der Waals surface area (Å²) in [5, 5.41) is 0. The minimum Gasteiger partial charge on any atom is -0.328 e. The van der Waals surface area contributed by atoms with Crippen LogP contribution in [-0.2, 0) is 0 Å². The first-order valence-electron chi connectivity index (χ1n) is 5.71. The van der Waals surface area contributed by atoms with Crippen molar-refractivity contribution in [1.29, 1.82) is 0 Å². The third kappa shape index (κ3) is 3.65. The van der Waals surface area contributed by atoms with Gasteiger partial charge in [-0.1, -0.05) is 32.6 Å². The average Bonchev–Trinajstić information content (AvgIpc) is 2.04. The number of unbranched alkanes of at least 4 members (excludes halogenated alkanes) is 2. The van der Waals surface area contributed by atoms with Gasteiger partial charge in [0.15, 0.2) is 0 Å². The summed E-state index contributed by atoms with van der Waals surface area (Å²) < 4.78 is 0. The largest absolute Gasteiger partial charge is 0.328 e. The van der Waals surface area contributed by atoms with Crippen molar-refractivity contribution >= 4 is 0 Å². The van der Waals surface area contributed by atoms with Crippen molar-refractivity contribution in [1.82, 2.24) is 0 Å². The molecule has 78 valence electrons. The first-order chi connectivity index (χ1) is 6.16. The standard InChI is InChI=1S/C11H24N2/c1-2-3-4-7-11(13)8-5-6-10(12)9-11/h10H,2-9,12-13H2,1H3. The Morgan fingerprint density at radius 3 is 2.77 bits per heavy atom. The Morgan fingerprint density at radius 2 is 2.15 bits per heavy atom. The zero-order valence-electron chi connectivity index (χ0n) is 8.89. The average molecular weight is 184 g/mol. The molecule has 0 amide bonds. The Kier molecular flexibility index (Phi) is 4.20. The molecule has 0 heterocycles. The Balaban J connectivity index is 2.27. The number of rotatable bonds is 4. The Morgan fingerprint density at radius 1 is 1.38 bits per heavy atom. The van der Waals surface area contributed by atoms with Crippen LogP contribution >= 0.6 is 0 Å². The van der Waals surface area contributed by atoms with Crippen molar-refractivity contribution in [3.8, 4) is 0 Å². The minimum absolute atomic E-state index is 0.0762. The van der Waals surface area contributed by atoms with Crippen LogP contribution in [0.3, 0.4) is 0 Å². The molecule has 0 spiro atoms. The van der Waals surface area contributed by atoms with Gasteiger partial charge in [0.1, 0.15) is 0 Å². The predicted octanol–water partition coefficient (Wildman–Crippen LogP) is 2.17. The van der Waals surface area contributed by atoms with Crippen LogP contribution in [0.15, 0.2) is 0 Å². The van der Waals surface area contributed by atoms with Gasteiger partial charge in [0, 0.05) is 11.6 Å². The first kappa shape index (κ1) is 11.0. The van der Waals surface area contributed by atoms with Crippen molar-refractivity contribution in [2.24, 2.45) is 11.5 Å². The summed E-state index contributed by atoms with van der Waals surface area (Å²) in [6.45, 7) is 2.23. The molecule has 2 heteroatoms. The van der Waals surface area contributed by atoms with E-state index in [2.05, 4.69) is 6.92 Å². The van der Waals surface area contributed by atoms with Gasteiger partial charge in [0.05, 0.1) is 0 Å². The van der Waals surface area contributed by atoms with E-state index in [0.717, 1.165) is 6.42 Å². The van der Waals surface area contributed by atoms with Crippen LogP contribution in [0.1, 0.15) is 58.3 Å². The van der Waals surface area contributed by atoms with E-state index in [1.165, 1.54) is 44.9 Å². The van der Waals surface area contributed by atoms with E-state index in [-0.39, 0.29) is 5.54 Å². The van der Waals surface area contributed by atoms with Crippen molar-refractivity contribution in [3.05, 3.63) is 0 Å². The van der Waals surface area contributed by atoms with Crippen molar-refractivity contribution in [2.45, 2.75) is 69.9 Å². The van der Waals surface area contributed by atoms with Crippen molar-refractivity contribution in [3.63, 3.8) is 0 Å². The molecule has 0 bridgehead atoms. The highest BCUT2D eigenvalue weighted by Gasteiger charge is 2.30.